The predicted octanol–water partition coefficient (Wildman–Crippen LogP) is 4.69. The van der Waals surface area contributed by atoms with Crippen LogP contribution in [-0.2, 0) is 9.53 Å². The second-order valence-corrected chi connectivity index (χ2v) is 10.4. The van der Waals surface area contributed by atoms with Crippen molar-refractivity contribution in [1.82, 2.24) is 4.57 Å². The number of methoxy groups -OCH3 is 1. The van der Waals surface area contributed by atoms with E-state index in [0.29, 0.717) is 32.3 Å². The summed E-state index contributed by atoms with van der Waals surface area (Å²) in [6.45, 7) is 8.06. The van der Waals surface area contributed by atoms with Crippen molar-refractivity contribution in [3.63, 3.8) is 0 Å². The van der Waals surface area contributed by atoms with E-state index in [9.17, 15) is 9.59 Å². The average molecular weight is 555 g/mol. The van der Waals surface area contributed by atoms with E-state index in [2.05, 4.69) is 34.8 Å². The monoisotopic (exact) mass is 554 g/mol. The Morgan fingerprint density at radius 2 is 1.94 bits per heavy atom. The SMILES string of the molecule is CCOC(=O)C1=C(C)N=c2s/c(=C\c3ccc(OC)c(Br)c3)c(=O)n2C1c1ccc(C(C)C)cc1. The standard InChI is InChI=1S/C27H27BrN2O4S/c1-6-34-26(32)23-16(4)29-27-30(24(23)19-10-8-18(9-11-19)15(2)3)25(31)22(35-27)14-17-7-12-21(33-5)20(28)13-17/h7-15,24H,6H2,1-5H3/b22-14-. The first-order chi connectivity index (χ1) is 16.7. The van der Waals surface area contributed by atoms with E-state index in [1.165, 1.54) is 16.9 Å². The third kappa shape index (κ3) is 4.90. The van der Waals surface area contributed by atoms with Crippen LogP contribution in [-0.4, -0.2) is 24.3 Å². The van der Waals surface area contributed by atoms with Gasteiger partial charge < -0.3 is 9.47 Å². The third-order valence-electron chi connectivity index (χ3n) is 5.91. The number of carbonyl (C=O) groups excluding carboxylic acids is 1. The second kappa shape index (κ2) is 10.3. The molecule has 0 aliphatic carbocycles. The molecule has 0 radical (unpaired) electrons. The van der Waals surface area contributed by atoms with Gasteiger partial charge >= 0.3 is 5.97 Å². The average Bonchev–Trinajstić information content (AvgIpc) is 3.12. The van der Waals surface area contributed by atoms with Crippen LogP contribution in [0, 0.1) is 0 Å². The molecule has 0 amide bonds. The third-order valence-corrected chi connectivity index (χ3v) is 7.51. The highest BCUT2D eigenvalue weighted by molar-refractivity contribution is 9.10. The summed E-state index contributed by atoms with van der Waals surface area (Å²) in [4.78, 5) is 31.9. The van der Waals surface area contributed by atoms with Gasteiger partial charge in [0.2, 0.25) is 0 Å². The molecule has 1 aliphatic rings. The number of rotatable bonds is 6. The summed E-state index contributed by atoms with van der Waals surface area (Å²) in [5.41, 5.74) is 3.61. The lowest BCUT2D eigenvalue weighted by atomic mass is 9.93. The van der Waals surface area contributed by atoms with Crippen molar-refractivity contribution in [1.29, 1.82) is 0 Å². The minimum absolute atomic E-state index is 0.201. The predicted molar refractivity (Wildman–Crippen MR) is 142 cm³/mol. The molecular weight excluding hydrogens is 528 g/mol. The lowest BCUT2D eigenvalue weighted by Gasteiger charge is -2.25. The molecule has 0 N–H and O–H groups in total. The minimum atomic E-state index is -0.615. The Labute approximate surface area is 216 Å². The highest BCUT2D eigenvalue weighted by Gasteiger charge is 2.33. The maximum atomic E-state index is 13.7. The van der Waals surface area contributed by atoms with Crippen molar-refractivity contribution in [2.75, 3.05) is 13.7 Å². The molecule has 1 atom stereocenters. The first-order valence-electron chi connectivity index (χ1n) is 11.4. The van der Waals surface area contributed by atoms with Gasteiger partial charge in [-0.25, -0.2) is 9.79 Å². The zero-order valence-electron chi connectivity index (χ0n) is 20.3. The molecular formula is C27H27BrN2O4S. The molecule has 6 nitrogen and oxygen atoms in total. The van der Waals surface area contributed by atoms with Crippen LogP contribution in [0.3, 0.4) is 0 Å². The van der Waals surface area contributed by atoms with E-state index >= 15 is 0 Å². The van der Waals surface area contributed by atoms with Gasteiger partial charge in [0, 0.05) is 0 Å². The maximum absolute atomic E-state index is 13.7. The first-order valence-corrected chi connectivity index (χ1v) is 13.0. The number of hydrogen-bond donors (Lipinski definition) is 0. The van der Waals surface area contributed by atoms with Gasteiger partial charge in [-0.15, -0.1) is 0 Å². The number of halogens is 1. The molecule has 1 unspecified atom stereocenters. The Balaban J connectivity index is 1.91. The van der Waals surface area contributed by atoms with Crippen molar-refractivity contribution in [2.45, 2.75) is 39.7 Å². The first kappa shape index (κ1) is 25.1. The molecule has 0 bridgehead atoms. The lowest BCUT2D eigenvalue weighted by Crippen LogP contribution is -2.39. The fraction of sp³-hybridized carbons (Fsp3) is 0.296. The van der Waals surface area contributed by atoms with Gasteiger partial charge in [-0.1, -0.05) is 55.5 Å². The topological polar surface area (TPSA) is 69.9 Å². The van der Waals surface area contributed by atoms with E-state index in [1.54, 1.807) is 25.5 Å². The molecule has 0 spiro atoms. The van der Waals surface area contributed by atoms with E-state index in [1.807, 2.05) is 48.5 Å². The minimum Gasteiger partial charge on any atom is -0.496 e. The number of allylic oxidation sites excluding steroid dienone is 1. The van der Waals surface area contributed by atoms with Crippen molar-refractivity contribution >= 4 is 39.3 Å². The number of nitrogens with zero attached hydrogens (tertiary/aromatic N) is 2. The molecule has 0 saturated carbocycles. The van der Waals surface area contributed by atoms with Crippen LogP contribution in [0.2, 0.25) is 0 Å². The van der Waals surface area contributed by atoms with Crippen molar-refractivity contribution < 1.29 is 14.3 Å². The Bertz CT molecular complexity index is 1480. The number of carbonyl (C=O) groups is 1. The number of hydrogen-bond acceptors (Lipinski definition) is 6. The number of ether oxygens (including phenoxy) is 2. The van der Waals surface area contributed by atoms with Crippen molar-refractivity contribution in [3.05, 3.63) is 94.6 Å². The number of thiazole rings is 1. The summed E-state index contributed by atoms with van der Waals surface area (Å²) in [6, 6.07) is 13.1. The summed E-state index contributed by atoms with van der Waals surface area (Å²) >= 11 is 4.80. The Hall–Kier alpha value is -2.97. The highest BCUT2D eigenvalue weighted by atomic mass is 79.9. The lowest BCUT2D eigenvalue weighted by molar-refractivity contribution is -0.139. The van der Waals surface area contributed by atoms with Gasteiger partial charge in [0.15, 0.2) is 4.80 Å². The van der Waals surface area contributed by atoms with Crippen LogP contribution in [0.15, 0.2) is 68.0 Å². The smallest absolute Gasteiger partial charge is 0.338 e. The molecule has 0 fully saturated rings. The van der Waals surface area contributed by atoms with Crippen LogP contribution in [0.1, 0.15) is 56.3 Å². The maximum Gasteiger partial charge on any atom is 0.338 e. The molecule has 3 aromatic rings. The van der Waals surface area contributed by atoms with Crippen LogP contribution in [0.4, 0.5) is 0 Å². The molecule has 0 saturated heterocycles. The zero-order chi connectivity index (χ0) is 25.3. The van der Waals surface area contributed by atoms with Crippen molar-refractivity contribution in [3.8, 4) is 5.75 Å². The Kier molecular flexibility index (Phi) is 7.42. The van der Waals surface area contributed by atoms with E-state index in [-0.39, 0.29) is 12.2 Å². The van der Waals surface area contributed by atoms with E-state index in [4.69, 9.17) is 9.47 Å². The normalized spacial score (nSPS) is 15.7. The second-order valence-electron chi connectivity index (χ2n) is 8.52. The number of aromatic nitrogens is 1. The summed E-state index contributed by atoms with van der Waals surface area (Å²) in [5.74, 6) is 0.625. The zero-order valence-corrected chi connectivity index (χ0v) is 22.7. The van der Waals surface area contributed by atoms with Gasteiger partial charge in [0.25, 0.3) is 5.56 Å². The van der Waals surface area contributed by atoms with Crippen LogP contribution < -0.4 is 19.6 Å². The molecule has 8 heteroatoms. The number of fused-ring (bicyclic) bond motifs is 1. The largest absolute Gasteiger partial charge is 0.496 e. The van der Waals surface area contributed by atoms with Gasteiger partial charge in [0.1, 0.15) is 5.75 Å². The van der Waals surface area contributed by atoms with Crippen LogP contribution in [0.5, 0.6) is 5.75 Å². The molecule has 182 valence electrons. The van der Waals surface area contributed by atoms with E-state index < -0.39 is 12.0 Å². The highest BCUT2D eigenvalue weighted by Crippen LogP contribution is 2.31. The van der Waals surface area contributed by atoms with Gasteiger partial charge in [0.05, 0.1) is 40.0 Å². The van der Waals surface area contributed by atoms with Crippen molar-refractivity contribution in [2.24, 2.45) is 4.99 Å². The molecule has 4 rings (SSSR count). The van der Waals surface area contributed by atoms with Gasteiger partial charge in [-0.2, -0.15) is 0 Å². The molecule has 2 aromatic carbocycles. The summed E-state index contributed by atoms with van der Waals surface area (Å²) < 4.78 is 13.6. The molecule has 2 heterocycles. The summed E-state index contributed by atoms with van der Waals surface area (Å²) in [7, 11) is 1.61. The van der Waals surface area contributed by atoms with Crippen LogP contribution >= 0.6 is 27.3 Å². The number of esters is 1. The Morgan fingerprint density at radius 3 is 2.54 bits per heavy atom. The summed E-state index contributed by atoms with van der Waals surface area (Å²) in [6.07, 6.45) is 1.83. The van der Waals surface area contributed by atoms with Crippen LogP contribution in [0.25, 0.3) is 6.08 Å². The molecule has 35 heavy (non-hydrogen) atoms. The van der Waals surface area contributed by atoms with E-state index in [0.717, 1.165) is 15.6 Å². The number of benzene rings is 2. The summed E-state index contributed by atoms with van der Waals surface area (Å²) in [5, 5.41) is 0. The molecule has 1 aromatic heterocycles. The van der Waals surface area contributed by atoms with Gasteiger partial charge in [-0.05, 0) is 70.6 Å². The molecule has 1 aliphatic heterocycles. The van der Waals surface area contributed by atoms with Gasteiger partial charge in [-0.3, -0.25) is 9.36 Å². The fourth-order valence-electron chi connectivity index (χ4n) is 4.09. The Morgan fingerprint density at radius 1 is 1.23 bits per heavy atom. The quantitative estimate of drug-likeness (QED) is 0.414. The fourth-order valence-corrected chi connectivity index (χ4v) is 5.70.